The van der Waals surface area contributed by atoms with Gasteiger partial charge >= 0.3 is 0 Å². The highest BCUT2D eigenvalue weighted by atomic mass is 16.6. The number of ether oxygens (including phenoxy) is 1. The van der Waals surface area contributed by atoms with E-state index in [0.29, 0.717) is 22.3 Å². The van der Waals surface area contributed by atoms with Gasteiger partial charge in [-0.05, 0) is 39.5 Å². The molecule has 4 unspecified atom stereocenters. The zero-order chi connectivity index (χ0) is 33.2. The van der Waals surface area contributed by atoms with Crippen molar-refractivity contribution in [3.63, 3.8) is 0 Å². The van der Waals surface area contributed by atoms with E-state index >= 15 is 14.4 Å². The van der Waals surface area contributed by atoms with E-state index in [9.17, 15) is 10.1 Å². The average molecular weight is 633 g/mol. The Morgan fingerprint density at radius 3 is 1.44 bits per heavy atom. The Balaban J connectivity index is 1.52. The Morgan fingerprint density at radius 2 is 1.04 bits per heavy atom. The molecule has 0 N–H and O–H groups in total. The Kier molecular flexibility index (Phi) is 6.53. The van der Waals surface area contributed by atoms with Gasteiger partial charge in [-0.1, -0.05) is 121 Å². The number of Topliss-reactive ketones (excluding diaryl/α,β-unsaturated/α-hetero) is 1. The standard InChI is InChI=1S/C40H28N2O6/c1-48-31-24-29(42(46)47)22-23-30(31)41-36(43)34-35(37(41)44)40(28-20-12-5-13-21-28)33(26-16-8-3-9-17-26)32(25-14-6-2-7-15-25)39(34,38(40)45)27-18-10-4-11-19-27/h2-24,34-35H,1H3. The van der Waals surface area contributed by atoms with Crippen molar-refractivity contribution in [1.29, 1.82) is 0 Å². The summed E-state index contributed by atoms with van der Waals surface area (Å²) < 4.78 is 5.53. The predicted octanol–water partition coefficient (Wildman–Crippen LogP) is 6.79. The Hall–Kier alpha value is -6.15. The number of nitrogens with zero attached hydrogens (tertiary/aromatic N) is 2. The number of ketones is 1. The van der Waals surface area contributed by atoms with Crippen LogP contribution in [0.25, 0.3) is 11.1 Å². The Morgan fingerprint density at radius 1 is 0.625 bits per heavy atom. The van der Waals surface area contributed by atoms with Gasteiger partial charge in [0.05, 0.1) is 46.5 Å². The number of amides is 2. The van der Waals surface area contributed by atoms with Gasteiger partial charge < -0.3 is 4.74 Å². The zero-order valence-electron chi connectivity index (χ0n) is 25.8. The molecule has 1 heterocycles. The van der Waals surface area contributed by atoms with E-state index in [0.717, 1.165) is 16.0 Å². The summed E-state index contributed by atoms with van der Waals surface area (Å²) in [4.78, 5) is 58.3. The fourth-order valence-corrected chi connectivity index (χ4v) is 8.54. The summed E-state index contributed by atoms with van der Waals surface area (Å²) >= 11 is 0. The van der Waals surface area contributed by atoms with E-state index < -0.39 is 39.4 Å². The van der Waals surface area contributed by atoms with Crippen LogP contribution in [0.4, 0.5) is 11.4 Å². The molecular weight excluding hydrogens is 604 g/mol. The molecule has 8 nitrogen and oxygen atoms in total. The first-order valence-electron chi connectivity index (χ1n) is 15.6. The van der Waals surface area contributed by atoms with Crippen molar-refractivity contribution in [3.8, 4) is 5.75 Å². The van der Waals surface area contributed by atoms with Gasteiger partial charge in [0.2, 0.25) is 11.8 Å². The maximum atomic E-state index is 15.9. The summed E-state index contributed by atoms with van der Waals surface area (Å²) in [6.45, 7) is 0. The van der Waals surface area contributed by atoms with Gasteiger partial charge in [0.1, 0.15) is 5.75 Å². The average Bonchev–Trinajstić information content (AvgIpc) is 3.64. The highest BCUT2D eigenvalue weighted by Crippen LogP contribution is 2.74. The van der Waals surface area contributed by atoms with E-state index in [1.807, 2.05) is 121 Å². The minimum absolute atomic E-state index is 0.00611. The zero-order valence-corrected chi connectivity index (χ0v) is 25.8. The highest BCUT2D eigenvalue weighted by molar-refractivity contribution is 6.39. The predicted molar refractivity (Wildman–Crippen MR) is 180 cm³/mol. The minimum Gasteiger partial charge on any atom is -0.494 e. The van der Waals surface area contributed by atoms with Crippen molar-refractivity contribution in [2.45, 2.75) is 10.8 Å². The molecule has 2 aliphatic carbocycles. The first-order valence-corrected chi connectivity index (χ1v) is 15.6. The molecule has 0 spiro atoms. The molecule has 2 amide bonds. The lowest BCUT2D eigenvalue weighted by atomic mass is 9.59. The van der Waals surface area contributed by atoms with Gasteiger partial charge in [0, 0.05) is 6.07 Å². The van der Waals surface area contributed by atoms with Crippen LogP contribution >= 0.6 is 0 Å². The number of nitro groups is 1. The lowest BCUT2D eigenvalue weighted by molar-refractivity contribution is -0.384. The van der Waals surface area contributed by atoms with Crippen LogP contribution in [0, 0.1) is 22.0 Å². The Labute approximate surface area is 276 Å². The molecule has 48 heavy (non-hydrogen) atoms. The van der Waals surface area contributed by atoms with Crippen LogP contribution in [0.15, 0.2) is 140 Å². The minimum atomic E-state index is -1.55. The summed E-state index contributed by atoms with van der Waals surface area (Å²) in [7, 11) is 1.33. The summed E-state index contributed by atoms with van der Waals surface area (Å²) in [5.41, 5.74) is 0.904. The van der Waals surface area contributed by atoms with E-state index in [1.54, 1.807) is 0 Å². The molecule has 2 fully saturated rings. The molecule has 0 aromatic heterocycles. The molecule has 1 saturated carbocycles. The second-order valence-corrected chi connectivity index (χ2v) is 12.2. The molecule has 8 heteroatoms. The van der Waals surface area contributed by atoms with Crippen molar-refractivity contribution >= 4 is 40.1 Å². The molecule has 1 aliphatic heterocycles. The third kappa shape index (κ3) is 3.62. The van der Waals surface area contributed by atoms with Gasteiger partial charge in [0.25, 0.3) is 5.69 Å². The molecule has 4 atom stereocenters. The number of allylic oxidation sites excluding steroid dienone is 2. The van der Waals surface area contributed by atoms with Crippen LogP contribution in [-0.2, 0) is 25.2 Å². The quantitative estimate of drug-likeness (QED) is 0.111. The maximum absolute atomic E-state index is 15.9. The van der Waals surface area contributed by atoms with Gasteiger partial charge in [0.15, 0.2) is 5.78 Å². The van der Waals surface area contributed by atoms with Crippen LogP contribution in [0.3, 0.4) is 0 Å². The number of anilines is 1. The number of hydrogen-bond acceptors (Lipinski definition) is 6. The number of benzene rings is 5. The number of methoxy groups -OCH3 is 1. The third-order valence-corrected chi connectivity index (χ3v) is 10.2. The molecule has 234 valence electrons. The molecule has 0 radical (unpaired) electrons. The van der Waals surface area contributed by atoms with Crippen molar-refractivity contribution < 1.29 is 24.0 Å². The van der Waals surface area contributed by atoms with Crippen molar-refractivity contribution in [3.05, 3.63) is 172 Å². The highest BCUT2D eigenvalue weighted by Gasteiger charge is 2.82. The number of rotatable bonds is 7. The van der Waals surface area contributed by atoms with Crippen LogP contribution in [-0.4, -0.2) is 29.6 Å². The molecule has 2 bridgehead atoms. The SMILES string of the molecule is COc1cc([N+](=O)[O-])ccc1N1C(=O)C2C(C1=O)C1(c3ccccc3)C(=O)C2(c2ccccc2)C(c2ccccc2)=C1c1ccccc1. The first kappa shape index (κ1) is 29.3. The lowest BCUT2D eigenvalue weighted by Crippen LogP contribution is -2.45. The molecule has 5 aromatic rings. The van der Waals surface area contributed by atoms with Gasteiger partial charge in [-0.2, -0.15) is 0 Å². The second kappa shape index (κ2) is 10.7. The maximum Gasteiger partial charge on any atom is 0.273 e. The normalized spacial score (nSPS) is 24.3. The van der Waals surface area contributed by atoms with Crippen molar-refractivity contribution in [2.24, 2.45) is 11.8 Å². The molecule has 3 aliphatic rings. The van der Waals surface area contributed by atoms with E-state index in [4.69, 9.17) is 4.74 Å². The number of fused-ring (bicyclic) bond motifs is 5. The van der Waals surface area contributed by atoms with Crippen LogP contribution < -0.4 is 9.64 Å². The number of carbonyl (C=O) groups is 3. The first-order chi connectivity index (χ1) is 23.4. The molecule has 5 aromatic carbocycles. The summed E-state index contributed by atoms with van der Waals surface area (Å²) in [5, 5.41) is 11.6. The van der Waals surface area contributed by atoms with E-state index in [2.05, 4.69) is 0 Å². The summed E-state index contributed by atoms with van der Waals surface area (Å²) in [5.74, 6) is -3.59. The topological polar surface area (TPSA) is 107 Å². The van der Waals surface area contributed by atoms with E-state index in [1.165, 1.54) is 25.3 Å². The third-order valence-electron chi connectivity index (χ3n) is 10.2. The van der Waals surface area contributed by atoms with Crippen LogP contribution in [0.2, 0.25) is 0 Å². The van der Waals surface area contributed by atoms with Gasteiger partial charge in [-0.3, -0.25) is 24.5 Å². The second-order valence-electron chi connectivity index (χ2n) is 12.2. The van der Waals surface area contributed by atoms with E-state index in [-0.39, 0.29) is 22.9 Å². The number of hydrogen-bond donors (Lipinski definition) is 0. The van der Waals surface area contributed by atoms with Gasteiger partial charge in [-0.25, -0.2) is 4.90 Å². The Bertz CT molecular complexity index is 2050. The van der Waals surface area contributed by atoms with Crippen LogP contribution in [0.5, 0.6) is 5.75 Å². The lowest BCUT2D eigenvalue weighted by Gasteiger charge is -2.39. The number of nitro benzene ring substituents is 1. The molecule has 1 saturated heterocycles. The summed E-state index contributed by atoms with van der Waals surface area (Å²) in [6.07, 6.45) is 0. The fraction of sp³-hybridized carbons (Fsp3) is 0.125. The van der Waals surface area contributed by atoms with Gasteiger partial charge in [-0.15, -0.1) is 0 Å². The van der Waals surface area contributed by atoms with Crippen LogP contribution in [0.1, 0.15) is 22.3 Å². The monoisotopic (exact) mass is 632 g/mol. The number of non-ortho nitro benzene ring substituents is 1. The summed E-state index contributed by atoms with van der Waals surface area (Å²) in [6, 6.07) is 41.6. The fourth-order valence-electron chi connectivity index (χ4n) is 8.54. The largest absolute Gasteiger partial charge is 0.494 e. The molecular formula is C40H28N2O6. The van der Waals surface area contributed by atoms with Crippen molar-refractivity contribution in [2.75, 3.05) is 12.0 Å². The smallest absolute Gasteiger partial charge is 0.273 e. The number of imide groups is 1. The number of carbonyl (C=O) groups excluding carboxylic acids is 3. The van der Waals surface area contributed by atoms with Crippen molar-refractivity contribution in [1.82, 2.24) is 0 Å². The molecule has 8 rings (SSSR count).